The predicted molar refractivity (Wildman–Crippen MR) is 101 cm³/mol. The van der Waals surface area contributed by atoms with Crippen molar-refractivity contribution in [2.24, 2.45) is 5.92 Å². The molecule has 0 bridgehead atoms. The van der Waals surface area contributed by atoms with Crippen LogP contribution in [0.25, 0.3) is 10.9 Å². The summed E-state index contributed by atoms with van der Waals surface area (Å²) in [6.45, 7) is 4.87. The average Bonchev–Trinajstić information content (AvgIpc) is 3.02. The zero-order valence-corrected chi connectivity index (χ0v) is 15.0. The minimum Gasteiger partial charge on any atom is -0.361 e. The number of benzene rings is 1. The number of amides is 2. The van der Waals surface area contributed by atoms with Gasteiger partial charge in [0.2, 0.25) is 11.8 Å². The number of carbonyl (C=O) groups is 2. The van der Waals surface area contributed by atoms with Crippen molar-refractivity contribution in [3.8, 4) is 0 Å². The SMILES string of the molecule is O=C1CCC(C(=O)N2CCCN(Cc3cccc4cc[nH]c34)CC2)CN1. The van der Waals surface area contributed by atoms with Crippen molar-refractivity contribution in [1.29, 1.82) is 0 Å². The van der Waals surface area contributed by atoms with Gasteiger partial charge >= 0.3 is 0 Å². The second-order valence-corrected chi connectivity index (χ2v) is 7.35. The normalized spacial score (nSPS) is 22.2. The number of H-pyrrole nitrogens is 1. The van der Waals surface area contributed by atoms with Crippen molar-refractivity contribution in [2.75, 3.05) is 32.7 Å². The lowest BCUT2D eigenvalue weighted by atomic mass is 9.97. The minimum atomic E-state index is -0.0492. The summed E-state index contributed by atoms with van der Waals surface area (Å²) in [5.41, 5.74) is 2.52. The molecule has 0 saturated carbocycles. The van der Waals surface area contributed by atoms with Gasteiger partial charge in [0.15, 0.2) is 0 Å². The van der Waals surface area contributed by atoms with E-state index in [0.717, 1.165) is 39.1 Å². The number of nitrogens with zero attached hydrogens (tertiary/aromatic N) is 2. The number of aromatic nitrogens is 1. The van der Waals surface area contributed by atoms with E-state index in [4.69, 9.17) is 0 Å². The zero-order valence-electron chi connectivity index (χ0n) is 15.0. The molecule has 0 spiro atoms. The molecule has 2 aliphatic rings. The van der Waals surface area contributed by atoms with Gasteiger partial charge < -0.3 is 15.2 Å². The molecule has 1 aromatic heterocycles. The fraction of sp³-hybridized carbons (Fsp3) is 0.500. The van der Waals surface area contributed by atoms with Gasteiger partial charge in [0.1, 0.15) is 0 Å². The lowest BCUT2D eigenvalue weighted by molar-refractivity contribution is -0.137. The van der Waals surface area contributed by atoms with E-state index in [9.17, 15) is 9.59 Å². The molecule has 3 heterocycles. The summed E-state index contributed by atoms with van der Waals surface area (Å²) in [5, 5.41) is 4.07. The molecule has 2 aliphatic heterocycles. The molecule has 2 fully saturated rings. The Balaban J connectivity index is 1.37. The molecule has 0 aliphatic carbocycles. The van der Waals surface area contributed by atoms with Crippen LogP contribution in [-0.2, 0) is 16.1 Å². The summed E-state index contributed by atoms with van der Waals surface area (Å²) in [5.74, 6) is 0.222. The standard InChI is InChI=1S/C20H26N4O2/c25-18-6-5-16(13-22-18)20(26)24-10-2-9-23(11-12-24)14-17-4-1-3-15-7-8-21-19(15)17/h1,3-4,7-8,16,21H,2,5-6,9-14H2,(H,22,25). The van der Waals surface area contributed by atoms with Crippen LogP contribution in [0.1, 0.15) is 24.8 Å². The first kappa shape index (κ1) is 17.1. The highest BCUT2D eigenvalue weighted by Gasteiger charge is 2.29. The van der Waals surface area contributed by atoms with Crippen LogP contribution in [0.2, 0.25) is 0 Å². The van der Waals surface area contributed by atoms with E-state index in [1.54, 1.807) is 0 Å². The van der Waals surface area contributed by atoms with Gasteiger partial charge in [-0.3, -0.25) is 14.5 Å². The Bertz CT molecular complexity index is 790. The van der Waals surface area contributed by atoms with Crippen LogP contribution in [0, 0.1) is 5.92 Å². The Morgan fingerprint density at radius 1 is 1.15 bits per heavy atom. The van der Waals surface area contributed by atoms with Gasteiger partial charge in [-0.25, -0.2) is 0 Å². The Morgan fingerprint density at radius 3 is 2.92 bits per heavy atom. The highest BCUT2D eigenvalue weighted by Crippen LogP contribution is 2.20. The van der Waals surface area contributed by atoms with Crippen molar-refractivity contribution in [1.82, 2.24) is 20.1 Å². The molecule has 1 atom stereocenters. The van der Waals surface area contributed by atoms with Gasteiger partial charge in [0.05, 0.1) is 5.92 Å². The number of nitrogens with one attached hydrogen (secondary N) is 2. The van der Waals surface area contributed by atoms with E-state index in [1.807, 2.05) is 11.1 Å². The second kappa shape index (κ2) is 7.50. The molecule has 2 amide bonds. The maximum absolute atomic E-state index is 12.8. The number of fused-ring (bicyclic) bond motifs is 1. The van der Waals surface area contributed by atoms with Gasteiger partial charge in [-0.05, 0) is 29.9 Å². The first-order valence-corrected chi connectivity index (χ1v) is 9.53. The molecule has 2 saturated heterocycles. The molecule has 0 radical (unpaired) electrons. The van der Waals surface area contributed by atoms with Crippen LogP contribution < -0.4 is 5.32 Å². The Hall–Kier alpha value is -2.34. The highest BCUT2D eigenvalue weighted by atomic mass is 16.2. The Kier molecular flexibility index (Phi) is 4.93. The largest absolute Gasteiger partial charge is 0.361 e. The Labute approximate surface area is 153 Å². The first-order valence-electron chi connectivity index (χ1n) is 9.53. The zero-order chi connectivity index (χ0) is 17.9. The van der Waals surface area contributed by atoms with E-state index in [-0.39, 0.29) is 17.7 Å². The molecule has 2 N–H and O–H groups in total. The number of para-hydroxylation sites is 1. The smallest absolute Gasteiger partial charge is 0.227 e. The van der Waals surface area contributed by atoms with E-state index in [1.165, 1.54) is 16.5 Å². The van der Waals surface area contributed by atoms with Gasteiger partial charge in [-0.1, -0.05) is 18.2 Å². The fourth-order valence-corrected chi connectivity index (χ4v) is 4.07. The van der Waals surface area contributed by atoms with Gasteiger partial charge in [-0.2, -0.15) is 0 Å². The van der Waals surface area contributed by atoms with E-state index in [0.29, 0.717) is 19.4 Å². The monoisotopic (exact) mass is 354 g/mol. The molecule has 1 unspecified atom stereocenters. The molecule has 6 heteroatoms. The van der Waals surface area contributed by atoms with Crippen molar-refractivity contribution >= 4 is 22.7 Å². The predicted octanol–water partition coefficient (Wildman–Crippen LogP) is 1.73. The molecule has 6 nitrogen and oxygen atoms in total. The minimum absolute atomic E-state index is 0.0492. The summed E-state index contributed by atoms with van der Waals surface area (Å²) >= 11 is 0. The van der Waals surface area contributed by atoms with E-state index in [2.05, 4.69) is 39.5 Å². The van der Waals surface area contributed by atoms with Gasteiger partial charge in [0, 0.05) is 57.4 Å². The third kappa shape index (κ3) is 3.60. The summed E-state index contributed by atoms with van der Waals surface area (Å²) in [6, 6.07) is 8.51. The molecule has 1 aromatic carbocycles. The number of aromatic amines is 1. The van der Waals surface area contributed by atoms with Crippen molar-refractivity contribution < 1.29 is 9.59 Å². The van der Waals surface area contributed by atoms with Crippen LogP contribution in [0.4, 0.5) is 0 Å². The van der Waals surface area contributed by atoms with E-state index >= 15 is 0 Å². The van der Waals surface area contributed by atoms with Gasteiger partial charge in [-0.15, -0.1) is 0 Å². The number of hydrogen-bond donors (Lipinski definition) is 2. The molecule has 4 rings (SSSR count). The van der Waals surface area contributed by atoms with Crippen LogP contribution in [0.15, 0.2) is 30.5 Å². The van der Waals surface area contributed by atoms with E-state index < -0.39 is 0 Å². The summed E-state index contributed by atoms with van der Waals surface area (Å²) < 4.78 is 0. The van der Waals surface area contributed by atoms with Crippen LogP contribution in [-0.4, -0.2) is 59.3 Å². The van der Waals surface area contributed by atoms with Gasteiger partial charge in [0.25, 0.3) is 0 Å². The number of piperidine rings is 1. The topological polar surface area (TPSA) is 68.4 Å². The third-order valence-corrected chi connectivity index (χ3v) is 5.58. The highest BCUT2D eigenvalue weighted by molar-refractivity contribution is 5.84. The maximum atomic E-state index is 12.8. The number of carbonyl (C=O) groups excluding carboxylic acids is 2. The molecular weight excluding hydrogens is 328 g/mol. The first-order chi connectivity index (χ1) is 12.7. The summed E-state index contributed by atoms with van der Waals surface area (Å²) in [6.07, 6.45) is 4.13. The lowest BCUT2D eigenvalue weighted by Gasteiger charge is -2.28. The van der Waals surface area contributed by atoms with Crippen molar-refractivity contribution in [3.05, 3.63) is 36.0 Å². The molecular formula is C20H26N4O2. The summed E-state index contributed by atoms with van der Waals surface area (Å²) in [4.78, 5) is 31.9. The van der Waals surface area contributed by atoms with Crippen LogP contribution in [0.3, 0.4) is 0 Å². The second-order valence-electron chi connectivity index (χ2n) is 7.35. The molecule has 26 heavy (non-hydrogen) atoms. The lowest BCUT2D eigenvalue weighted by Crippen LogP contribution is -2.45. The fourth-order valence-electron chi connectivity index (χ4n) is 4.07. The third-order valence-electron chi connectivity index (χ3n) is 5.58. The number of rotatable bonds is 3. The van der Waals surface area contributed by atoms with Crippen LogP contribution >= 0.6 is 0 Å². The van der Waals surface area contributed by atoms with Crippen molar-refractivity contribution in [3.63, 3.8) is 0 Å². The van der Waals surface area contributed by atoms with Crippen LogP contribution in [0.5, 0.6) is 0 Å². The summed E-state index contributed by atoms with van der Waals surface area (Å²) in [7, 11) is 0. The number of hydrogen-bond acceptors (Lipinski definition) is 3. The maximum Gasteiger partial charge on any atom is 0.227 e. The quantitative estimate of drug-likeness (QED) is 0.882. The molecule has 2 aromatic rings. The molecule has 138 valence electrons. The average molecular weight is 354 g/mol. The van der Waals surface area contributed by atoms with Crippen molar-refractivity contribution in [2.45, 2.75) is 25.8 Å². The Morgan fingerprint density at radius 2 is 2.08 bits per heavy atom.